The van der Waals surface area contributed by atoms with Crippen molar-refractivity contribution in [2.45, 2.75) is 23.7 Å². The minimum Gasteiger partial charge on any atom is -0.461 e. The van der Waals surface area contributed by atoms with Gasteiger partial charge in [0.25, 0.3) is 10.0 Å². The van der Waals surface area contributed by atoms with Crippen LogP contribution in [0.4, 0.5) is 0 Å². The summed E-state index contributed by atoms with van der Waals surface area (Å²) in [6.45, 7) is 0.653. The maximum absolute atomic E-state index is 12.5. The zero-order valence-corrected chi connectivity index (χ0v) is 15.6. The number of hydrogen-bond donors (Lipinski definition) is 0. The molecule has 0 N–H and O–H groups in total. The summed E-state index contributed by atoms with van der Waals surface area (Å²) >= 11 is 1.19. The van der Waals surface area contributed by atoms with Crippen LogP contribution in [0.3, 0.4) is 0 Å². The standard InChI is InChI=1S/C18H18N2O4S2/c19-12-15-4-1-2-5-16(15)13-24-18(21)14-7-9-20(10-8-14)26(22,23)17-6-3-11-25-17/h1-6,11,14H,7-10,13H2. The molecule has 0 unspecified atom stereocenters. The highest BCUT2D eigenvalue weighted by Crippen LogP contribution is 2.27. The van der Waals surface area contributed by atoms with Gasteiger partial charge in [0.2, 0.25) is 0 Å². The number of ether oxygens (including phenoxy) is 1. The number of esters is 1. The van der Waals surface area contributed by atoms with Crippen LogP contribution in [0.1, 0.15) is 24.0 Å². The Kier molecular flexibility index (Phi) is 5.71. The van der Waals surface area contributed by atoms with Gasteiger partial charge in [-0.05, 0) is 30.4 Å². The number of rotatable bonds is 5. The third-order valence-electron chi connectivity index (χ3n) is 4.38. The number of thiophene rings is 1. The fourth-order valence-corrected chi connectivity index (χ4v) is 5.51. The van der Waals surface area contributed by atoms with Gasteiger partial charge in [-0.2, -0.15) is 9.57 Å². The highest BCUT2D eigenvalue weighted by atomic mass is 32.2. The summed E-state index contributed by atoms with van der Waals surface area (Å²) < 4.78 is 32.1. The smallest absolute Gasteiger partial charge is 0.309 e. The monoisotopic (exact) mass is 390 g/mol. The van der Waals surface area contributed by atoms with E-state index in [4.69, 9.17) is 10.00 Å². The molecule has 0 bridgehead atoms. The van der Waals surface area contributed by atoms with E-state index in [1.165, 1.54) is 15.6 Å². The number of hydrogen-bond acceptors (Lipinski definition) is 6. The molecule has 0 spiro atoms. The topological polar surface area (TPSA) is 87.5 Å². The van der Waals surface area contributed by atoms with Crippen molar-refractivity contribution in [3.63, 3.8) is 0 Å². The molecule has 1 aliphatic heterocycles. The van der Waals surface area contributed by atoms with Crippen molar-refractivity contribution in [3.8, 4) is 6.07 Å². The maximum Gasteiger partial charge on any atom is 0.309 e. The molecule has 1 fully saturated rings. The van der Waals surface area contributed by atoms with E-state index in [2.05, 4.69) is 6.07 Å². The van der Waals surface area contributed by atoms with Crippen LogP contribution in [0.2, 0.25) is 0 Å². The number of piperidine rings is 1. The van der Waals surface area contributed by atoms with Crippen LogP contribution in [-0.2, 0) is 26.2 Å². The summed E-state index contributed by atoms with van der Waals surface area (Å²) in [6, 6.07) is 12.3. The molecule has 3 rings (SSSR count). The number of carbonyl (C=O) groups is 1. The predicted molar refractivity (Wildman–Crippen MR) is 96.8 cm³/mol. The summed E-state index contributed by atoms with van der Waals surface area (Å²) in [4.78, 5) is 12.3. The van der Waals surface area contributed by atoms with E-state index < -0.39 is 10.0 Å². The molecule has 1 saturated heterocycles. The molecule has 8 heteroatoms. The second-order valence-electron chi connectivity index (χ2n) is 5.99. The lowest BCUT2D eigenvalue weighted by Crippen LogP contribution is -2.40. The van der Waals surface area contributed by atoms with Gasteiger partial charge in [0.05, 0.1) is 17.6 Å². The van der Waals surface area contributed by atoms with Gasteiger partial charge in [0, 0.05) is 18.7 Å². The molecule has 136 valence electrons. The molecule has 0 radical (unpaired) electrons. The molecule has 1 aromatic carbocycles. The molecule has 2 heterocycles. The minimum atomic E-state index is -3.47. The zero-order chi connectivity index (χ0) is 18.6. The van der Waals surface area contributed by atoms with Crippen LogP contribution in [0, 0.1) is 17.2 Å². The van der Waals surface area contributed by atoms with E-state index in [1.54, 1.807) is 41.8 Å². The Bertz CT molecular complexity index is 909. The molecular formula is C18H18N2O4S2. The Labute approximate surface area is 156 Å². The zero-order valence-electron chi connectivity index (χ0n) is 14.0. The Balaban J connectivity index is 1.55. The van der Waals surface area contributed by atoms with E-state index in [9.17, 15) is 13.2 Å². The SMILES string of the molecule is N#Cc1ccccc1COC(=O)C1CCN(S(=O)(=O)c2cccs2)CC1. The van der Waals surface area contributed by atoms with Crippen molar-refractivity contribution >= 4 is 27.3 Å². The van der Waals surface area contributed by atoms with Gasteiger partial charge in [-0.15, -0.1) is 11.3 Å². The Morgan fingerprint density at radius 3 is 2.62 bits per heavy atom. The predicted octanol–water partition coefficient (Wildman–Crippen LogP) is 2.76. The van der Waals surface area contributed by atoms with Crippen LogP contribution < -0.4 is 0 Å². The van der Waals surface area contributed by atoms with Crippen LogP contribution in [-0.4, -0.2) is 31.8 Å². The highest BCUT2D eigenvalue weighted by molar-refractivity contribution is 7.91. The quantitative estimate of drug-likeness (QED) is 0.733. The summed E-state index contributed by atoms with van der Waals surface area (Å²) in [5, 5.41) is 10.8. The first-order valence-corrected chi connectivity index (χ1v) is 10.5. The number of carbonyl (C=O) groups excluding carboxylic acids is 1. The van der Waals surface area contributed by atoms with Crippen molar-refractivity contribution in [1.82, 2.24) is 4.31 Å². The van der Waals surface area contributed by atoms with Gasteiger partial charge < -0.3 is 4.74 Å². The summed E-state index contributed by atoms with van der Waals surface area (Å²) in [5.74, 6) is -0.662. The van der Waals surface area contributed by atoms with Crippen molar-refractivity contribution in [2.75, 3.05) is 13.1 Å². The van der Waals surface area contributed by atoms with E-state index in [-0.39, 0.29) is 18.5 Å². The maximum atomic E-state index is 12.5. The van der Waals surface area contributed by atoms with Crippen LogP contribution in [0.5, 0.6) is 0 Å². The first-order valence-electron chi connectivity index (χ1n) is 8.20. The fourth-order valence-electron chi connectivity index (χ4n) is 2.89. The largest absolute Gasteiger partial charge is 0.461 e. The molecule has 1 aliphatic rings. The van der Waals surface area contributed by atoms with Gasteiger partial charge in [-0.25, -0.2) is 8.42 Å². The molecular weight excluding hydrogens is 372 g/mol. The fraction of sp³-hybridized carbons (Fsp3) is 0.333. The number of nitriles is 1. The highest BCUT2D eigenvalue weighted by Gasteiger charge is 2.33. The van der Waals surface area contributed by atoms with Crippen molar-refractivity contribution in [1.29, 1.82) is 5.26 Å². The van der Waals surface area contributed by atoms with E-state index in [0.717, 1.165) is 0 Å². The Morgan fingerprint density at radius 2 is 1.96 bits per heavy atom. The lowest BCUT2D eigenvalue weighted by Gasteiger charge is -2.29. The normalized spacial score (nSPS) is 16.1. The molecule has 1 aromatic heterocycles. The number of nitrogens with zero attached hydrogens (tertiary/aromatic N) is 2. The third kappa shape index (κ3) is 3.96. The second kappa shape index (κ2) is 7.99. The van der Waals surface area contributed by atoms with Crippen molar-refractivity contribution in [3.05, 3.63) is 52.9 Å². The van der Waals surface area contributed by atoms with Crippen LogP contribution in [0.15, 0.2) is 46.0 Å². The van der Waals surface area contributed by atoms with E-state index in [0.29, 0.717) is 41.3 Å². The number of sulfonamides is 1. The average molecular weight is 390 g/mol. The molecule has 0 saturated carbocycles. The van der Waals surface area contributed by atoms with E-state index >= 15 is 0 Å². The third-order valence-corrected chi connectivity index (χ3v) is 7.66. The Hall–Kier alpha value is -2.21. The first kappa shape index (κ1) is 18.6. The Morgan fingerprint density at radius 1 is 1.23 bits per heavy atom. The molecule has 26 heavy (non-hydrogen) atoms. The van der Waals surface area contributed by atoms with Gasteiger partial charge >= 0.3 is 5.97 Å². The van der Waals surface area contributed by atoms with Crippen LogP contribution >= 0.6 is 11.3 Å². The summed E-state index contributed by atoms with van der Waals surface area (Å²) in [5.41, 5.74) is 1.15. The molecule has 2 aromatic rings. The molecule has 0 amide bonds. The first-order chi connectivity index (χ1) is 12.5. The van der Waals surface area contributed by atoms with E-state index in [1.807, 2.05) is 0 Å². The van der Waals surface area contributed by atoms with Crippen molar-refractivity contribution in [2.24, 2.45) is 5.92 Å². The average Bonchev–Trinajstić information content (AvgIpc) is 3.22. The molecule has 0 aliphatic carbocycles. The second-order valence-corrected chi connectivity index (χ2v) is 9.10. The van der Waals surface area contributed by atoms with Crippen LogP contribution in [0.25, 0.3) is 0 Å². The molecule has 0 atom stereocenters. The van der Waals surface area contributed by atoms with Crippen molar-refractivity contribution < 1.29 is 17.9 Å². The van der Waals surface area contributed by atoms with Gasteiger partial charge in [-0.1, -0.05) is 24.3 Å². The van der Waals surface area contributed by atoms with Gasteiger partial charge in [0.1, 0.15) is 10.8 Å². The minimum absolute atomic E-state index is 0.0519. The number of benzene rings is 1. The van der Waals surface area contributed by atoms with Gasteiger partial charge in [-0.3, -0.25) is 4.79 Å². The lowest BCUT2D eigenvalue weighted by molar-refractivity contribution is -0.151. The summed E-state index contributed by atoms with van der Waals surface area (Å²) in [6.07, 6.45) is 0.868. The summed E-state index contributed by atoms with van der Waals surface area (Å²) in [7, 11) is -3.47. The van der Waals surface area contributed by atoms with Gasteiger partial charge in [0.15, 0.2) is 0 Å². The molecule has 6 nitrogen and oxygen atoms in total. The lowest BCUT2D eigenvalue weighted by atomic mass is 9.98.